The minimum absolute atomic E-state index is 0.167. The summed E-state index contributed by atoms with van der Waals surface area (Å²) in [6.07, 6.45) is 0.412. The number of hydrogen-bond acceptors (Lipinski definition) is 8. The van der Waals surface area contributed by atoms with E-state index >= 15 is 0 Å². The van der Waals surface area contributed by atoms with Crippen LogP contribution in [0.1, 0.15) is 13.8 Å². The predicted molar refractivity (Wildman–Crippen MR) is 76.3 cm³/mol. The van der Waals surface area contributed by atoms with Gasteiger partial charge in [-0.1, -0.05) is 25.4 Å². The summed E-state index contributed by atoms with van der Waals surface area (Å²) in [6.45, 7) is 2.92. The monoisotopic (exact) mass is 342 g/mol. The van der Waals surface area contributed by atoms with E-state index in [-0.39, 0.29) is 5.15 Å². The lowest BCUT2D eigenvalue weighted by molar-refractivity contribution is -0.211. The Morgan fingerprint density at radius 3 is 2.70 bits per heavy atom. The number of halogens is 1. The zero-order valence-electron chi connectivity index (χ0n) is 12.3. The molecule has 0 spiro atoms. The zero-order chi connectivity index (χ0) is 16.6. The van der Waals surface area contributed by atoms with E-state index in [9.17, 15) is 15.3 Å². The summed E-state index contributed by atoms with van der Waals surface area (Å²) in [5.74, 6) is 0. The lowest BCUT2D eigenvalue weighted by Crippen LogP contribution is -2.42. The fourth-order valence-corrected chi connectivity index (χ4v) is 3.78. The van der Waals surface area contributed by atoms with Gasteiger partial charge in [0.1, 0.15) is 29.9 Å². The van der Waals surface area contributed by atoms with Crippen LogP contribution in [0.5, 0.6) is 0 Å². The molecule has 3 N–H and O–H groups in total. The maximum absolute atomic E-state index is 10.8. The molecule has 3 heterocycles. The van der Waals surface area contributed by atoms with Crippen molar-refractivity contribution in [3.05, 3.63) is 17.8 Å². The SMILES string of the molecule is CC1(C)[C@]2(O)[C@H](On3cnc4c(Cl)ncnc43)O[C@H](CO)[C@]12O. The van der Waals surface area contributed by atoms with Crippen molar-refractivity contribution >= 4 is 22.8 Å². The Labute approximate surface area is 135 Å². The summed E-state index contributed by atoms with van der Waals surface area (Å²) in [4.78, 5) is 17.5. The summed E-state index contributed by atoms with van der Waals surface area (Å²) >= 11 is 5.93. The second-order valence-electron chi connectivity index (χ2n) is 6.31. The van der Waals surface area contributed by atoms with Gasteiger partial charge in [-0.05, 0) is 0 Å². The molecule has 124 valence electrons. The maximum Gasteiger partial charge on any atom is 0.258 e. The van der Waals surface area contributed by atoms with Gasteiger partial charge < -0.3 is 24.9 Å². The molecule has 0 unspecified atom stereocenters. The Morgan fingerprint density at radius 1 is 1.30 bits per heavy atom. The topological polar surface area (TPSA) is 123 Å². The molecule has 1 aliphatic carbocycles. The molecule has 2 aliphatic rings. The van der Waals surface area contributed by atoms with Crippen LogP contribution in [-0.2, 0) is 4.74 Å². The molecular weight excluding hydrogens is 328 g/mol. The van der Waals surface area contributed by atoms with E-state index in [1.165, 1.54) is 17.4 Å². The highest BCUT2D eigenvalue weighted by molar-refractivity contribution is 6.33. The van der Waals surface area contributed by atoms with E-state index in [0.29, 0.717) is 11.2 Å². The Hall–Kier alpha value is -1.52. The molecule has 4 rings (SSSR count). The molecule has 0 bridgehead atoms. The minimum Gasteiger partial charge on any atom is -0.394 e. The maximum atomic E-state index is 10.8. The van der Waals surface area contributed by atoms with Crippen LogP contribution in [0.25, 0.3) is 11.2 Å². The van der Waals surface area contributed by atoms with E-state index in [2.05, 4.69) is 15.0 Å². The molecule has 23 heavy (non-hydrogen) atoms. The van der Waals surface area contributed by atoms with Gasteiger partial charge in [0.05, 0.1) is 6.61 Å². The van der Waals surface area contributed by atoms with Gasteiger partial charge in [-0.15, -0.1) is 4.73 Å². The fraction of sp³-hybridized carbons (Fsp3) is 0.615. The average Bonchev–Trinajstić information content (AvgIpc) is 2.87. The third-order valence-corrected chi connectivity index (χ3v) is 5.43. The Morgan fingerprint density at radius 2 is 2.04 bits per heavy atom. The third-order valence-electron chi connectivity index (χ3n) is 5.15. The first kappa shape index (κ1) is 15.0. The molecule has 1 saturated carbocycles. The molecule has 2 aromatic heterocycles. The van der Waals surface area contributed by atoms with Crippen molar-refractivity contribution in [2.75, 3.05) is 6.61 Å². The van der Waals surface area contributed by atoms with Crippen molar-refractivity contribution in [2.24, 2.45) is 5.41 Å². The molecule has 0 amide bonds. The normalized spacial score (nSPS) is 37.8. The minimum atomic E-state index is -1.67. The Balaban J connectivity index is 1.71. The average molecular weight is 343 g/mol. The first-order valence-electron chi connectivity index (χ1n) is 7.00. The first-order chi connectivity index (χ1) is 10.8. The van der Waals surface area contributed by atoms with Gasteiger partial charge in [-0.2, -0.15) is 0 Å². The van der Waals surface area contributed by atoms with Crippen molar-refractivity contribution in [1.82, 2.24) is 19.7 Å². The van der Waals surface area contributed by atoms with E-state index in [0.717, 1.165) is 0 Å². The molecule has 4 atom stereocenters. The molecule has 9 nitrogen and oxygen atoms in total. The summed E-state index contributed by atoms with van der Waals surface area (Å²) in [6, 6.07) is 0. The van der Waals surface area contributed by atoms with Crippen LogP contribution in [0.3, 0.4) is 0 Å². The second kappa shape index (κ2) is 4.31. The summed E-state index contributed by atoms with van der Waals surface area (Å²) < 4.78 is 6.66. The van der Waals surface area contributed by atoms with Gasteiger partial charge in [0, 0.05) is 5.41 Å². The van der Waals surface area contributed by atoms with Crippen molar-refractivity contribution in [2.45, 2.75) is 37.4 Å². The van der Waals surface area contributed by atoms with Crippen LogP contribution in [0.4, 0.5) is 0 Å². The van der Waals surface area contributed by atoms with Crippen molar-refractivity contribution in [1.29, 1.82) is 0 Å². The van der Waals surface area contributed by atoms with Gasteiger partial charge in [0.15, 0.2) is 10.8 Å². The van der Waals surface area contributed by atoms with Crippen LogP contribution in [0, 0.1) is 5.41 Å². The molecule has 0 radical (unpaired) electrons. The largest absolute Gasteiger partial charge is 0.394 e. The predicted octanol–water partition coefficient (Wildman–Crippen LogP) is -0.873. The van der Waals surface area contributed by atoms with E-state index in [4.69, 9.17) is 21.2 Å². The van der Waals surface area contributed by atoms with E-state index in [1.807, 2.05) is 0 Å². The number of aliphatic hydroxyl groups excluding tert-OH is 1. The standard InChI is InChI=1S/C13H15ClN4O5/c1-11(2)12(20)6(3-19)22-10(13(11,12)21)23-18-5-17-7-8(14)15-4-16-9(7)18/h4-6,10,19-21H,3H2,1-2H3/t6-,10+,12+,13-/m1/s1. The van der Waals surface area contributed by atoms with Gasteiger partial charge in [-0.3, -0.25) is 0 Å². The second-order valence-corrected chi connectivity index (χ2v) is 6.67. The zero-order valence-corrected chi connectivity index (χ0v) is 13.1. The fourth-order valence-electron chi connectivity index (χ4n) is 3.61. The number of hydrogen-bond donors (Lipinski definition) is 3. The summed E-state index contributed by atoms with van der Waals surface area (Å²) in [5.41, 5.74) is -3.53. The number of aromatic nitrogens is 4. The van der Waals surface area contributed by atoms with Crippen molar-refractivity contribution in [3.8, 4) is 0 Å². The van der Waals surface area contributed by atoms with Gasteiger partial charge in [0.25, 0.3) is 6.29 Å². The molecule has 0 aromatic carbocycles. The number of aliphatic hydroxyl groups is 3. The van der Waals surface area contributed by atoms with Crippen LogP contribution in [0.15, 0.2) is 12.7 Å². The molecule has 2 aromatic rings. The highest BCUT2D eigenvalue weighted by Gasteiger charge is 2.93. The molecular formula is C13H15ClN4O5. The van der Waals surface area contributed by atoms with Crippen molar-refractivity contribution < 1.29 is 24.9 Å². The highest BCUT2D eigenvalue weighted by atomic mass is 35.5. The van der Waals surface area contributed by atoms with E-state index < -0.39 is 35.6 Å². The molecule has 1 saturated heterocycles. The van der Waals surface area contributed by atoms with Gasteiger partial charge in [0.2, 0.25) is 5.65 Å². The van der Waals surface area contributed by atoms with Crippen LogP contribution < -0.4 is 4.84 Å². The Bertz CT molecular complexity index is 798. The number of nitrogens with zero attached hydrogens (tertiary/aromatic N) is 4. The van der Waals surface area contributed by atoms with Crippen molar-refractivity contribution in [3.63, 3.8) is 0 Å². The summed E-state index contributed by atoms with van der Waals surface area (Å²) in [7, 11) is 0. The quantitative estimate of drug-likeness (QED) is 0.615. The van der Waals surface area contributed by atoms with Crippen LogP contribution in [-0.4, -0.2) is 65.2 Å². The Kier molecular flexibility index (Phi) is 2.82. The smallest absolute Gasteiger partial charge is 0.258 e. The lowest BCUT2D eigenvalue weighted by Gasteiger charge is -2.26. The molecule has 2 fully saturated rings. The number of ether oxygens (including phenoxy) is 1. The molecule has 10 heteroatoms. The first-order valence-corrected chi connectivity index (χ1v) is 7.38. The number of rotatable bonds is 3. The van der Waals surface area contributed by atoms with Gasteiger partial charge >= 0.3 is 0 Å². The van der Waals surface area contributed by atoms with Gasteiger partial charge in [-0.25, -0.2) is 15.0 Å². The lowest BCUT2D eigenvalue weighted by atomic mass is 10.0. The third kappa shape index (κ3) is 1.49. The van der Waals surface area contributed by atoms with Crippen LogP contribution >= 0.6 is 11.6 Å². The number of fused-ring (bicyclic) bond motifs is 2. The highest BCUT2D eigenvalue weighted by Crippen LogP contribution is 2.72. The van der Waals surface area contributed by atoms with Crippen LogP contribution in [0.2, 0.25) is 5.15 Å². The number of imidazole rings is 1. The summed E-state index contributed by atoms with van der Waals surface area (Å²) in [5, 5.41) is 31.1. The molecule has 1 aliphatic heterocycles. The van der Waals surface area contributed by atoms with E-state index in [1.54, 1.807) is 13.8 Å².